The molecule has 0 aromatic heterocycles. The highest BCUT2D eigenvalue weighted by atomic mass is 19.1. The normalized spacial score (nSPS) is 44.3. The number of hydrogen-bond acceptors (Lipinski definition) is 3. The second kappa shape index (κ2) is 2.28. The number of fused-ring (bicyclic) bond motifs is 1. The van der Waals surface area contributed by atoms with E-state index in [4.69, 9.17) is 9.47 Å². The topological polar surface area (TPSA) is 38.7 Å². The molecule has 0 radical (unpaired) electrons. The first-order chi connectivity index (χ1) is 5.49. The van der Waals surface area contributed by atoms with Gasteiger partial charge in [0.05, 0.1) is 0 Å². The third kappa shape index (κ3) is 1.07. The number of aliphatic hydroxyl groups is 1. The molecule has 0 aromatic carbocycles. The van der Waals surface area contributed by atoms with Gasteiger partial charge < -0.3 is 14.6 Å². The number of rotatable bonds is 0. The van der Waals surface area contributed by atoms with E-state index in [-0.39, 0.29) is 0 Å². The molecule has 0 saturated carbocycles. The zero-order valence-corrected chi connectivity index (χ0v) is 6.95. The summed E-state index contributed by atoms with van der Waals surface area (Å²) in [6.07, 6.45) is -0.892. The molecule has 2 aliphatic rings. The summed E-state index contributed by atoms with van der Waals surface area (Å²) >= 11 is 0. The summed E-state index contributed by atoms with van der Waals surface area (Å²) in [5.74, 6) is -1.27. The maximum atomic E-state index is 12.7. The molecule has 0 bridgehead atoms. The van der Waals surface area contributed by atoms with E-state index in [9.17, 15) is 9.50 Å². The molecule has 1 fully saturated rings. The van der Waals surface area contributed by atoms with Crippen LogP contribution in [0.15, 0.2) is 11.9 Å². The van der Waals surface area contributed by atoms with Gasteiger partial charge in [0, 0.05) is 0 Å². The van der Waals surface area contributed by atoms with Crippen molar-refractivity contribution in [2.45, 2.75) is 37.9 Å². The Hall–Kier alpha value is -0.450. The minimum Gasteiger partial charge on any atom is -0.383 e. The van der Waals surface area contributed by atoms with Crippen LogP contribution in [-0.2, 0) is 9.47 Å². The fraction of sp³-hybridized carbons (Fsp3) is 0.750. The SMILES string of the molecule is CC1(C)OC2[C@@H](C=C(F)[C@@H]2O)O1. The predicted molar refractivity (Wildman–Crippen MR) is 39.0 cm³/mol. The molecule has 1 unspecified atom stereocenters. The summed E-state index contributed by atoms with van der Waals surface area (Å²) in [5, 5.41) is 9.25. The van der Waals surface area contributed by atoms with Crippen LogP contribution >= 0.6 is 0 Å². The Balaban J connectivity index is 2.19. The van der Waals surface area contributed by atoms with E-state index in [1.54, 1.807) is 13.8 Å². The molecule has 1 N–H and O–H groups in total. The molecule has 4 heteroatoms. The van der Waals surface area contributed by atoms with Crippen LogP contribution in [0.3, 0.4) is 0 Å². The summed E-state index contributed by atoms with van der Waals surface area (Å²) in [4.78, 5) is 0. The van der Waals surface area contributed by atoms with Gasteiger partial charge in [-0.15, -0.1) is 0 Å². The maximum Gasteiger partial charge on any atom is 0.164 e. The second-order valence-electron chi connectivity index (χ2n) is 3.56. The van der Waals surface area contributed by atoms with Crippen LogP contribution in [0.4, 0.5) is 4.39 Å². The van der Waals surface area contributed by atoms with Gasteiger partial charge >= 0.3 is 0 Å². The second-order valence-corrected chi connectivity index (χ2v) is 3.56. The molecule has 1 heterocycles. The monoisotopic (exact) mass is 174 g/mol. The number of hydrogen-bond donors (Lipinski definition) is 1. The molecular formula is C8H11FO3. The van der Waals surface area contributed by atoms with Gasteiger partial charge in [0.2, 0.25) is 0 Å². The maximum absolute atomic E-state index is 12.7. The van der Waals surface area contributed by atoms with Crippen molar-refractivity contribution in [3.63, 3.8) is 0 Å². The summed E-state index contributed by atoms with van der Waals surface area (Å²) < 4.78 is 23.3. The molecule has 1 saturated heterocycles. The van der Waals surface area contributed by atoms with E-state index in [0.29, 0.717) is 0 Å². The quantitative estimate of drug-likeness (QED) is 0.588. The van der Waals surface area contributed by atoms with Crippen LogP contribution in [0.5, 0.6) is 0 Å². The van der Waals surface area contributed by atoms with E-state index >= 15 is 0 Å². The molecule has 0 aromatic rings. The lowest BCUT2D eigenvalue weighted by molar-refractivity contribution is -0.154. The van der Waals surface area contributed by atoms with E-state index in [1.807, 2.05) is 0 Å². The van der Waals surface area contributed by atoms with Crippen LogP contribution in [-0.4, -0.2) is 29.2 Å². The van der Waals surface area contributed by atoms with Gasteiger partial charge in [0.15, 0.2) is 5.79 Å². The van der Waals surface area contributed by atoms with E-state index in [0.717, 1.165) is 0 Å². The molecular weight excluding hydrogens is 163 g/mol. The molecule has 0 spiro atoms. The highest BCUT2D eigenvalue weighted by molar-refractivity contribution is 5.18. The lowest BCUT2D eigenvalue weighted by Crippen LogP contribution is -2.29. The lowest BCUT2D eigenvalue weighted by atomic mass is 10.2. The van der Waals surface area contributed by atoms with Gasteiger partial charge in [-0.2, -0.15) is 0 Å². The van der Waals surface area contributed by atoms with Gasteiger partial charge in [0.25, 0.3) is 0 Å². The van der Waals surface area contributed by atoms with Crippen LogP contribution in [0.25, 0.3) is 0 Å². The van der Waals surface area contributed by atoms with Gasteiger partial charge in [-0.25, -0.2) is 4.39 Å². The zero-order valence-electron chi connectivity index (χ0n) is 6.95. The molecule has 1 aliphatic carbocycles. The number of halogens is 1. The van der Waals surface area contributed by atoms with Crippen LogP contribution in [0.1, 0.15) is 13.8 Å². The van der Waals surface area contributed by atoms with Crippen molar-refractivity contribution in [2.24, 2.45) is 0 Å². The Kier molecular flexibility index (Phi) is 1.55. The lowest BCUT2D eigenvalue weighted by Gasteiger charge is -2.18. The van der Waals surface area contributed by atoms with Crippen LogP contribution in [0, 0.1) is 0 Å². The van der Waals surface area contributed by atoms with Gasteiger partial charge in [-0.05, 0) is 19.9 Å². The van der Waals surface area contributed by atoms with Crippen molar-refractivity contribution in [3.05, 3.63) is 11.9 Å². The first kappa shape index (κ1) is 8.16. The average molecular weight is 174 g/mol. The Labute approximate surface area is 69.8 Å². The largest absolute Gasteiger partial charge is 0.383 e. The third-order valence-corrected chi connectivity index (χ3v) is 2.08. The summed E-state index contributed by atoms with van der Waals surface area (Å²) in [6, 6.07) is 0. The molecule has 68 valence electrons. The van der Waals surface area contributed by atoms with Crippen LogP contribution < -0.4 is 0 Å². The molecule has 2 rings (SSSR count). The molecule has 12 heavy (non-hydrogen) atoms. The van der Waals surface area contributed by atoms with E-state index in [2.05, 4.69) is 0 Å². The fourth-order valence-corrected chi connectivity index (χ4v) is 1.60. The molecule has 3 nitrogen and oxygen atoms in total. The first-order valence-electron chi connectivity index (χ1n) is 3.90. The van der Waals surface area contributed by atoms with Crippen molar-refractivity contribution in [2.75, 3.05) is 0 Å². The highest BCUT2D eigenvalue weighted by Gasteiger charge is 2.49. The standard InChI is InChI=1S/C8H11FO3/c1-8(2)11-5-3-4(9)6(10)7(5)12-8/h3,5-7,10H,1-2H3/t5-,6+,7?/m1/s1. The zero-order chi connectivity index (χ0) is 8.93. The van der Waals surface area contributed by atoms with Crippen LogP contribution in [0.2, 0.25) is 0 Å². The van der Waals surface area contributed by atoms with Gasteiger partial charge in [-0.1, -0.05) is 0 Å². The molecule has 1 aliphatic heterocycles. The predicted octanol–water partition coefficient (Wildman–Crippen LogP) is 0.734. The molecule has 0 amide bonds. The Morgan fingerprint density at radius 1 is 1.50 bits per heavy atom. The smallest absolute Gasteiger partial charge is 0.164 e. The van der Waals surface area contributed by atoms with Crippen molar-refractivity contribution in [1.29, 1.82) is 0 Å². The minimum absolute atomic E-state index is 0.435. The Morgan fingerprint density at radius 3 is 2.75 bits per heavy atom. The van der Waals surface area contributed by atoms with Gasteiger partial charge in [-0.3, -0.25) is 0 Å². The highest BCUT2D eigenvalue weighted by Crippen LogP contribution is 2.37. The fourth-order valence-electron chi connectivity index (χ4n) is 1.60. The summed E-state index contributed by atoms with van der Waals surface area (Å²) in [5.41, 5.74) is 0. The average Bonchev–Trinajstić information content (AvgIpc) is 2.33. The minimum atomic E-state index is -1.16. The van der Waals surface area contributed by atoms with Crippen molar-refractivity contribution >= 4 is 0 Å². The van der Waals surface area contributed by atoms with Gasteiger partial charge in [0.1, 0.15) is 24.1 Å². The van der Waals surface area contributed by atoms with E-state index in [1.165, 1.54) is 6.08 Å². The van der Waals surface area contributed by atoms with Crippen molar-refractivity contribution < 1.29 is 19.0 Å². The Morgan fingerprint density at radius 2 is 2.17 bits per heavy atom. The van der Waals surface area contributed by atoms with Crippen molar-refractivity contribution in [3.8, 4) is 0 Å². The van der Waals surface area contributed by atoms with Crippen molar-refractivity contribution in [1.82, 2.24) is 0 Å². The summed E-state index contributed by atoms with van der Waals surface area (Å²) in [7, 11) is 0. The Bertz CT molecular complexity index is 236. The summed E-state index contributed by atoms with van der Waals surface area (Å²) in [6.45, 7) is 3.48. The number of ether oxygens (including phenoxy) is 2. The first-order valence-corrected chi connectivity index (χ1v) is 3.90. The third-order valence-electron chi connectivity index (χ3n) is 2.08. The van der Waals surface area contributed by atoms with E-state index < -0.39 is 29.9 Å². The molecule has 3 atom stereocenters. The number of aliphatic hydroxyl groups excluding tert-OH is 1.